The van der Waals surface area contributed by atoms with E-state index in [2.05, 4.69) is 5.10 Å². The Kier molecular flexibility index (Phi) is 2.80. The van der Waals surface area contributed by atoms with Crippen molar-refractivity contribution in [1.82, 2.24) is 9.78 Å². The Labute approximate surface area is 100 Å². The third kappa shape index (κ3) is 1.93. The molecule has 0 atom stereocenters. The second kappa shape index (κ2) is 4.28. The fraction of sp³-hybridized carbons (Fsp3) is 0. The highest BCUT2D eigenvalue weighted by Crippen LogP contribution is 2.23. The summed E-state index contributed by atoms with van der Waals surface area (Å²) in [6.45, 7) is 0. The van der Waals surface area contributed by atoms with Crippen LogP contribution in [0.15, 0.2) is 30.5 Å². The Morgan fingerprint density at radius 1 is 1.28 bits per heavy atom. The minimum atomic E-state index is -1.36. The van der Waals surface area contributed by atoms with Crippen molar-refractivity contribution in [3.05, 3.63) is 41.8 Å². The third-order valence-electron chi connectivity index (χ3n) is 2.33. The fourth-order valence-corrected chi connectivity index (χ4v) is 1.56. The lowest BCUT2D eigenvalue weighted by atomic mass is 10.1. The summed E-state index contributed by atoms with van der Waals surface area (Å²) >= 11 is 0. The molecule has 0 saturated carbocycles. The van der Waals surface area contributed by atoms with Gasteiger partial charge in [0.2, 0.25) is 0 Å². The lowest BCUT2D eigenvalue weighted by Gasteiger charge is -2.04. The standard InChI is InChI=1S/C11H8FN3O3/c12-7-3-1-6(2-4-7)9-8(10(13)16)5-14-15(9)11(17)18/h1-5H,(H2,13,16)(H,17,18). The van der Waals surface area contributed by atoms with Crippen molar-refractivity contribution in [3.63, 3.8) is 0 Å². The summed E-state index contributed by atoms with van der Waals surface area (Å²) in [6.07, 6.45) is -0.295. The van der Waals surface area contributed by atoms with Gasteiger partial charge in [-0.15, -0.1) is 0 Å². The molecular formula is C11H8FN3O3. The van der Waals surface area contributed by atoms with E-state index in [0.29, 0.717) is 10.2 Å². The van der Waals surface area contributed by atoms with E-state index in [-0.39, 0.29) is 11.3 Å². The summed E-state index contributed by atoms with van der Waals surface area (Å²) in [4.78, 5) is 22.2. The van der Waals surface area contributed by atoms with Crippen molar-refractivity contribution in [2.45, 2.75) is 0 Å². The number of amides is 1. The molecule has 92 valence electrons. The van der Waals surface area contributed by atoms with Crippen LogP contribution in [0.3, 0.4) is 0 Å². The molecular weight excluding hydrogens is 241 g/mol. The average Bonchev–Trinajstić information content (AvgIpc) is 2.74. The Morgan fingerprint density at radius 2 is 1.89 bits per heavy atom. The molecule has 2 aromatic rings. The first-order valence-electron chi connectivity index (χ1n) is 4.87. The van der Waals surface area contributed by atoms with Gasteiger partial charge in [-0.2, -0.15) is 9.78 Å². The zero-order chi connectivity index (χ0) is 13.3. The van der Waals surface area contributed by atoms with Gasteiger partial charge in [0.25, 0.3) is 5.91 Å². The molecule has 0 saturated heterocycles. The highest BCUT2D eigenvalue weighted by Gasteiger charge is 2.20. The molecule has 1 amide bonds. The molecule has 0 unspecified atom stereocenters. The van der Waals surface area contributed by atoms with Gasteiger partial charge in [-0.3, -0.25) is 4.79 Å². The van der Waals surface area contributed by atoms with E-state index in [4.69, 9.17) is 10.8 Å². The van der Waals surface area contributed by atoms with Gasteiger partial charge in [0, 0.05) is 5.56 Å². The number of aromatic nitrogens is 2. The number of nitrogens with zero attached hydrogens (tertiary/aromatic N) is 2. The molecule has 1 aromatic carbocycles. The normalized spacial score (nSPS) is 10.3. The van der Waals surface area contributed by atoms with Crippen molar-refractivity contribution in [1.29, 1.82) is 0 Å². The van der Waals surface area contributed by atoms with Gasteiger partial charge in [0.15, 0.2) is 0 Å². The van der Waals surface area contributed by atoms with Gasteiger partial charge in [0.05, 0.1) is 17.5 Å². The van der Waals surface area contributed by atoms with E-state index in [9.17, 15) is 14.0 Å². The second-order valence-corrected chi connectivity index (χ2v) is 3.47. The minimum absolute atomic E-state index is 0.0231. The summed E-state index contributed by atoms with van der Waals surface area (Å²) in [5, 5.41) is 12.5. The smallest absolute Gasteiger partial charge is 0.432 e. The number of carbonyl (C=O) groups excluding carboxylic acids is 1. The molecule has 2 rings (SSSR count). The topological polar surface area (TPSA) is 98.2 Å². The Bertz CT molecular complexity index is 587. The van der Waals surface area contributed by atoms with Crippen LogP contribution in [0.4, 0.5) is 9.18 Å². The molecule has 7 heteroatoms. The zero-order valence-corrected chi connectivity index (χ0v) is 9.00. The van der Waals surface area contributed by atoms with Crippen LogP contribution in [0.1, 0.15) is 10.4 Å². The highest BCUT2D eigenvalue weighted by molar-refractivity contribution is 6.00. The number of carboxylic acid groups (broad SMARTS) is 1. The van der Waals surface area contributed by atoms with Crippen molar-refractivity contribution in [2.24, 2.45) is 5.73 Å². The molecule has 0 bridgehead atoms. The molecule has 0 aliphatic rings. The quantitative estimate of drug-likeness (QED) is 0.838. The number of hydrogen-bond acceptors (Lipinski definition) is 3. The van der Waals surface area contributed by atoms with E-state index in [1.807, 2.05) is 0 Å². The molecule has 18 heavy (non-hydrogen) atoms. The van der Waals surface area contributed by atoms with Crippen molar-refractivity contribution < 1.29 is 19.1 Å². The molecule has 1 heterocycles. The third-order valence-corrected chi connectivity index (χ3v) is 2.33. The van der Waals surface area contributed by atoms with Crippen LogP contribution in [-0.4, -0.2) is 26.9 Å². The SMILES string of the molecule is NC(=O)c1cnn(C(=O)O)c1-c1ccc(F)cc1. The van der Waals surface area contributed by atoms with Crippen molar-refractivity contribution in [2.75, 3.05) is 0 Å². The molecule has 0 aliphatic carbocycles. The van der Waals surface area contributed by atoms with Gasteiger partial charge < -0.3 is 10.8 Å². The summed E-state index contributed by atoms with van der Waals surface area (Å²) in [5.41, 5.74) is 5.46. The number of carbonyl (C=O) groups is 2. The number of hydrogen-bond donors (Lipinski definition) is 2. The largest absolute Gasteiger partial charge is 0.463 e. The summed E-state index contributed by atoms with van der Waals surface area (Å²) in [5.74, 6) is -1.28. The van der Waals surface area contributed by atoms with Crippen LogP contribution >= 0.6 is 0 Å². The van der Waals surface area contributed by atoms with Crippen molar-refractivity contribution in [3.8, 4) is 11.3 Å². The maximum absolute atomic E-state index is 12.8. The second-order valence-electron chi connectivity index (χ2n) is 3.47. The van der Waals surface area contributed by atoms with E-state index in [0.717, 1.165) is 18.3 Å². The van der Waals surface area contributed by atoms with Gasteiger partial charge >= 0.3 is 6.09 Å². The molecule has 0 aliphatic heterocycles. The van der Waals surface area contributed by atoms with Crippen LogP contribution < -0.4 is 5.73 Å². The minimum Gasteiger partial charge on any atom is -0.463 e. The average molecular weight is 249 g/mol. The summed E-state index contributed by atoms with van der Waals surface area (Å²) in [7, 11) is 0. The lowest BCUT2D eigenvalue weighted by Crippen LogP contribution is -2.15. The van der Waals surface area contributed by atoms with Crippen LogP contribution in [0, 0.1) is 5.82 Å². The van der Waals surface area contributed by atoms with Gasteiger partial charge in [-0.05, 0) is 24.3 Å². The first kappa shape index (κ1) is 11.8. The molecule has 6 nitrogen and oxygen atoms in total. The predicted molar refractivity (Wildman–Crippen MR) is 59.6 cm³/mol. The highest BCUT2D eigenvalue weighted by atomic mass is 19.1. The summed E-state index contributed by atoms with van der Waals surface area (Å²) < 4.78 is 13.4. The number of nitrogens with two attached hydrogens (primary N) is 1. The van der Waals surface area contributed by atoms with Crippen LogP contribution in [-0.2, 0) is 0 Å². The van der Waals surface area contributed by atoms with Crippen LogP contribution in [0.2, 0.25) is 0 Å². The molecule has 3 N–H and O–H groups in total. The number of benzene rings is 1. The Morgan fingerprint density at radius 3 is 2.39 bits per heavy atom. The van der Waals surface area contributed by atoms with Gasteiger partial charge in [-0.25, -0.2) is 9.18 Å². The Hall–Kier alpha value is -2.70. The van der Waals surface area contributed by atoms with E-state index >= 15 is 0 Å². The van der Waals surface area contributed by atoms with Gasteiger partial charge in [0.1, 0.15) is 5.82 Å². The molecule has 0 fully saturated rings. The van der Waals surface area contributed by atoms with Crippen LogP contribution in [0.5, 0.6) is 0 Å². The molecule has 0 radical (unpaired) electrons. The monoisotopic (exact) mass is 249 g/mol. The number of halogens is 1. The van der Waals surface area contributed by atoms with Gasteiger partial charge in [-0.1, -0.05) is 0 Å². The maximum atomic E-state index is 12.8. The fourth-order valence-electron chi connectivity index (χ4n) is 1.56. The molecule has 1 aromatic heterocycles. The van der Waals surface area contributed by atoms with Crippen molar-refractivity contribution >= 4 is 12.0 Å². The van der Waals surface area contributed by atoms with Crippen LogP contribution in [0.25, 0.3) is 11.3 Å². The summed E-state index contributed by atoms with van der Waals surface area (Å²) in [6, 6.07) is 5.00. The zero-order valence-electron chi connectivity index (χ0n) is 9.00. The Balaban J connectivity index is 2.66. The van der Waals surface area contributed by atoms with E-state index < -0.39 is 17.8 Å². The number of rotatable bonds is 2. The predicted octanol–water partition coefficient (Wildman–Crippen LogP) is 1.31. The number of primary amides is 1. The first-order valence-corrected chi connectivity index (χ1v) is 4.87. The van der Waals surface area contributed by atoms with E-state index in [1.54, 1.807) is 0 Å². The molecule has 0 spiro atoms. The van der Waals surface area contributed by atoms with E-state index in [1.165, 1.54) is 12.1 Å². The first-order chi connectivity index (χ1) is 8.50. The lowest BCUT2D eigenvalue weighted by molar-refractivity contribution is 0.100. The maximum Gasteiger partial charge on any atom is 0.432 e.